The summed E-state index contributed by atoms with van der Waals surface area (Å²) < 4.78 is 46.3. The number of ether oxygens (including phenoxy) is 1. The molecule has 0 radical (unpaired) electrons. The molecule has 5 aromatic rings. The van der Waals surface area contributed by atoms with Crippen molar-refractivity contribution in [2.24, 2.45) is 0 Å². The number of halogens is 1. The van der Waals surface area contributed by atoms with Crippen LogP contribution in [0.1, 0.15) is 0 Å². The Kier molecular flexibility index (Phi) is 5.10. The number of aromatic nitrogens is 4. The molecule has 0 N–H and O–H groups in total. The molecule has 0 aliphatic heterocycles. The predicted molar refractivity (Wildman–Crippen MR) is 120 cm³/mol. The van der Waals surface area contributed by atoms with E-state index < -0.39 is 9.84 Å². The van der Waals surface area contributed by atoms with Gasteiger partial charge in [0.1, 0.15) is 17.3 Å². The lowest BCUT2D eigenvalue weighted by atomic mass is 10.0. The number of methoxy groups -OCH3 is 1. The van der Waals surface area contributed by atoms with E-state index in [2.05, 4.69) is 15.3 Å². The molecular weight excluding hydrogens is 443 g/mol. The highest BCUT2D eigenvalue weighted by Crippen LogP contribution is 2.35. The topological polar surface area (TPSA) is 86.5 Å². The van der Waals surface area contributed by atoms with E-state index in [-0.39, 0.29) is 15.7 Å². The summed E-state index contributed by atoms with van der Waals surface area (Å²) in [5, 5.41) is 12.7. The van der Waals surface area contributed by atoms with E-state index in [1.54, 1.807) is 66.4 Å². The summed E-state index contributed by atoms with van der Waals surface area (Å²) in [7, 11) is -2.24. The smallest absolute Gasteiger partial charge is 0.225 e. The highest BCUT2D eigenvalue weighted by molar-refractivity contribution is 7.91. The summed E-state index contributed by atoms with van der Waals surface area (Å²) in [6.07, 6.45) is 1.74. The number of rotatable bonds is 5. The molecule has 0 bridgehead atoms. The van der Waals surface area contributed by atoms with Crippen molar-refractivity contribution < 1.29 is 17.5 Å². The van der Waals surface area contributed by atoms with Gasteiger partial charge in [-0.3, -0.25) is 0 Å². The third-order valence-electron chi connectivity index (χ3n) is 5.18. The van der Waals surface area contributed by atoms with E-state index in [0.717, 1.165) is 0 Å². The van der Waals surface area contributed by atoms with Crippen LogP contribution in [0, 0.1) is 5.82 Å². The molecular formula is C24H17FN4O3S. The van der Waals surface area contributed by atoms with E-state index in [1.165, 1.54) is 30.3 Å². The average Bonchev–Trinajstić information content (AvgIpc) is 3.23. The van der Waals surface area contributed by atoms with Gasteiger partial charge in [-0.2, -0.15) is 5.10 Å². The summed E-state index contributed by atoms with van der Waals surface area (Å²) >= 11 is 0. The summed E-state index contributed by atoms with van der Waals surface area (Å²) in [6, 6.07) is 20.6. The van der Waals surface area contributed by atoms with E-state index in [9.17, 15) is 12.8 Å². The fraction of sp³-hybridized carbons (Fsp3) is 0.0417. The van der Waals surface area contributed by atoms with Crippen LogP contribution in [0.2, 0.25) is 0 Å². The van der Waals surface area contributed by atoms with Crippen molar-refractivity contribution in [1.29, 1.82) is 0 Å². The normalized spacial score (nSPS) is 11.6. The fourth-order valence-corrected chi connectivity index (χ4v) is 4.69. The largest absolute Gasteiger partial charge is 0.497 e. The van der Waals surface area contributed by atoms with Crippen LogP contribution >= 0.6 is 0 Å². The summed E-state index contributed by atoms with van der Waals surface area (Å²) in [4.78, 5) is 0.139. The second kappa shape index (κ2) is 8.10. The first-order valence-electron chi connectivity index (χ1n) is 9.94. The molecule has 0 amide bonds. The molecule has 0 aliphatic rings. The molecule has 0 saturated heterocycles. The van der Waals surface area contributed by atoms with Crippen molar-refractivity contribution in [3.05, 3.63) is 90.9 Å². The van der Waals surface area contributed by atoms with Gasteiger partial charge in [0.15, 0.2) is 5.03 Å². The molecule has 0 unspecified atom stereocenters. The second-order valence-electron chi connectivity index (χ2n) is 7.20. The lowest BCUT2D eigenvalue weighted by Gasteiger charge is -2.06. The molecule has 5 rings (SSSR count). The number of hydrogen-bond acceptors (Lipinski definition) is 6. The molecule has 0 atom stereocenters. The van der Waals surface area contributed by atoms with Crippen molar-refractivity contribution in [3.8, 4) is 28.3 Å². The molecule has 7 nitrogen and oxygen atoms in total. The van der Waals surface area contributed by atoms with E-state index in [1.807, 2.05) is 0 Å². The third kappa shape index (κ3) is 3.72. The first kappa shape index (κ1) is 20.8. The number of pyridine rings is 1. The maximum atomic E-state index is 13.5. The van der Waals surface area contributed by atoms with E-state index in [0.29, 0.717) is 33.8 Å². The zero-order chi connectivity index (χ0) is 23.0. The van der Waals surface area contributed by atoms with Crippen LogP contribution in [-0.4, -0.2) is 35.3 Å². The number of nitrogens with zero attached hydrogens (tertiary/aromatic N) is 4. The summed E-state index contributed by atoms with van der Waals surface area (Å²) in [5.41, 5.74) is 2.95. The van der Waals surface area contributed by atoms with Crippen molar-refractivity contribution in [2.75, 3.05) is 7.11 Å². The minimum Gasteiger partial charge on any atom is -0.497 e. The van der Waals surface area contributed by atoms with Crippen molar-refractivity contribution >= 4 is 15.4 Å². The van der Waals surface area contributed by atoms with Gasteiger partial charge in [-0.25, -0.2) is 17.3 Å². The zero-order valence-corrected chi connectivity index (χ0v) is 18.2. The Balaban J connectivity index is 1.67. The highest BCUT2D eigenvalue weighted by atomic mass is 32.2. The summed E-state index contributed by atoms with van der Waals surface area (Å²) in [5.74, 6) is 0.256. The van der Waals surface area contributed by atoms with Gasteiger partial charge >= 0.3 is 0 Å². The van der Waals surface area contributed by atoms with Gasteiger partial charge in [0.05, 0.1) is 28.8 Å². The minimum atomic E-state index is -3.80. The third-order valence-corrected chi connectivity index (χ3v) is 6.85. The van der Waals surface area contributed by atoms with E-state index in [4.69, 9.17) is 4.74 Å². The van der Waals surface area contributed by atoms with Crippen LogP contribution in [0.15, 0.2) is 95.0 Å². The minimum absolute atomic E-state index is 0.139. The molecule has 0 fully saturated rings. The Morgan fingerprint density at radius 3 is 2.33 bits per heavy atom. The maximum absolute atomic E-state index is 13.5. The Morgan fingerprint density at radius 1 is 0.909 bits per heavy atom. The van der Waals surface area contributed by atoms with Gasteiger partial charge in [-0.1, -0.05) is 18.2 Å². The van der Waals surface area contributed by atoms with Gasteiger partial charge in [0.2, 0.25) is 9.84 Å². The zero-order valence-electron chi connectivity index (χ0n) is 17.4. The molecule has 3 heterocycles. The lowest BCUT2D eigenvalue weighted by Crippen LogP contribution is -2.05. The van der Waals surface area contributed by atoms with E-state index >= 15 is 0 Å². The fourth-order valence-electron chi connectivity index (χ4n) is 3.53. The second-order valence-corrected chi connectivity index (χ2v) is 9.10. The Bertz CT molecular complexity index is 1550. The number of fused-ring (bicyclic) bond motifs is 1. The first-order valence-corrected chi connectivity index (χ1v) is 11.4. The lowest BCUT2D eigenvalue weighted by molar-refractivity contribution is 0.414. The first-order chi connectivity index (χ1) is 16.0. The van der Waals surface area contributed by atoms with Crippen molar-refractivity contribution in [3.63, 3.8) is 0 Å². The predicted octanol–water partition coefficient (Wildman–Crippen LogP) is 4.44. The number of hydrogen-bond donors (Lipinski definition) is 0. The maximum Gasteiger partial charge on any atom is 0.225 e. The average molecular weight is 460 g/mol. The van der Waals surface area contributed by atoms with Crippen LogP contribution in [0.3, 0.4) is 0 Å². The molecule has 0 spiro atoms. The van der Waals surface area contributed by atoms with Crippen molar-refractivity contribution in [1.82, 2.24) is 19.8 Å². The van der Waals surface area contributed by atoms with Crippen LogP contribution in [0.5, 0.6) is 5.75 Å². The van der Waals surface area contributed by atoms with Gasteiger partial charge < -0.3 is 4.74 Å². The summed E-state index contributed by atoms with van der Waals surface area (Å²) in [6.45, 7) is 0. The number of sulfone groups is 1. The Morgan fingerprint density at radius 2 is 1.67 bits per heavy atom. The van der Waals surface area contributed by atoms with Gasteiger partial charge in [-0.15, -0.1) is 10.2 Å². The SMILES string of the molecule is COc1ccn2nc(-c3ccc(F)cc3)c(-c3ccc(S(=O)(=O)c4ccccc4)nn3)c2c1. The quantitative estimate of drug-likeness (QED) is 0.385. The Labute approximate surface area is 189 Å². The standard InChI is InChI=1S/C24H17FN4O3S/c1-32-18-13-14-29-21(15-18)23(24(28-29)16-7-9-17(25)10-8-16)20-11-12-22(27-26-20)33(30,31)19-5-3-2-4-6-19/h2-15H,1H3. The van der Waals surface area contributed by atoms with Crippen LogP contribution in [0.4, 0.5) is 4.39 Å². The van der Waals surface area contributed by atoms with Gasteiger partial charge in [0, 0.05) is 17.8 Å². The molecule has 33 heavy (non-hydrogen) atoms. The van der Waals surface area contributed by atoms with Crippen LogP contribution < -0.4 is 4.74 Å². The molecule has 164 valence electrons. The molecule has 2 aromatic carbocycles. The molecule has 3 aromatic heterocycles. The molecule has 0 aliphatic carbocycles. The molecule has 9 heteroatoms. The van der Waals surface area contributed by atoms with Gasteiger partial charge in [-0.05, 0) is 54.6 Å². The number of benzene rings is 2. The van der Waals surface area contributed by atoms with Crippen LogP contribution in [-0.2, 0) is 9.84 Å². The monoisotopic (exact) mass is 460 g/mol. The van der Waals surface area contributed by atoms with Crippen molar-refractivity contribution in [2.45, 2.75) is 9.92 Å². The van der Waals surface area contributed by atoms with Gasteiger partial charge in [0.25, 0.3) is 0 Å². The highest BCUT2D eigenvalue weighted by Gasteiger charge is 2.22. The Hall–Kier alpha value is -4.11. The van der Waals surface area contributed by atoms with Crippen LogP contribution in [0.25, 0.3) is 28.0 Å². The molecule has 0 saturated carbocycles.